The summed E-state index contributed by atoms with van der Waals surface area (Å²) in [5, 5.41) is 13.0. The number of thioether (sulfide) groups is 1. The molecule has 3 heteroatoms. The Morgan fingerprint density at radius 3 is 2.85 bits per heavy atom. The highest BCUT2D eigenvalue weighted by atomic mass is 32.2. The first-order valence-electron chi connectivity index (χ1n) is 5.25. The van der Waals surface area contributed by atoms with E-state index in [0.717, 1.165) is 19.4 Å². The topological polar surface area (TPSA) is 32.3 Å². The number of aliphatic hydroxyl groups is 1. The molecule has 1 fully saturated rings. The van der Waals surface area contributed by atoms with E-state index in [0.29, 0.717) is 6.04 Å². The number of unbranched alkanes of at least 4 members (excludes halogenated alkanes) is 1. The van der Waals surface area contributed by atoms with Gasteiger partial charge in [0.05, 0.1) is 6.10 Å². The Bertz CT molecular complexity index is 132. The van der Waals surface area contributed by atoms with Gasteiger partial charge in [0, 0.05) is 6.04 Å². The zero-order chi connectivity index (χ0) is 9.52. The van der Waals surface area contributed by atoms with Crippen LogP contribution in [0.3, 0.4) is 0 Å². The Kier molecular flexibility index (Phi) is 5.83. The maximum atomic E-state index is 9.53. The molecule has 2 N–H and O–H groups in total. The summed E-state index contributed by atoms with van der Waals surface area (Å²) in [5.41, 5.74) is 0. The van der Waals surface area contributed by atoms with E-state index >= 15 is 0 Å². The van der Waals surface area contributed by atoms with Crippen molar-refractivity contribution in [1.29, 1.82) is 0 Å². The second kappa shape index (κ2) is 6.68. The Morgan fingerprint density at radius 1 is 1.38 bits per heavy atom. The van der Waals surface area contributed by atoms with Gasteiger partial charge >= 0.3 is 0 Å². The van der Waals surface area contributed by atoms with Crippen LogP contribution < -0.4 is 5.32 Å². The van der Waals surface area contributed by atoms with Crippen LogP contribution in [0.25, 0.3) is 0 Å². The Hall–Kier alpha value is 0.270. The Morgan fingerprint density at radius 2 is 2.23 bits per heavy atom. The molecule has 78 valence electrons. The molecule has 0 heterocycles. The van der Waals surface area contributed by atoms with Crippen molar-refractivity contribution in [3.8, 4) is 0 Å². The van der Waals surface area contributed by atoms with Crippen LogP contribution in [-0.4, -0.2) is 35.8 Å². The molecule has 0 saturated heterocycles. The molecule has 0 aromatic heterocycles. The minimum atomic E-state index is -0.0828. The monoisotopic (exact) mass is 203 g/mol. The summed E-state index contributed by atoms with van der Waals surface area (Å²) in [7, 11) is 0. The molecule has 0 spiro atoms. The minimum absolute atomic E-state index is 0.0828. The van der Waals surface area contributed by atoms with Gasteiger partial charge in [-0.25, -0.2) is 0 Å². The summed E-state index contributed by atoms with van der Waals surface area (Å²) in [6, 6.07) is 0.384. The smallest absolute Gasteiger partial charge is 0.0693 e. The maximum Gasteiger partial charge on any atom is 0.0693 e. The first kappa shape index (κ1) is 11.3. The summed E-state index contributed by atoms with van der Waals surface area (Å²) in [4.78, 5) is 0. The molecule has 0 amide bonds. The summed E-state index contributed by atoms with van der Waals surface area (Å²) < 4.78 is 0. The normalized spacial score (nSPS) is 28.2. The third-order valence-electron chi connectivity index (χ3n) is 2.66. The zero-order valence-electron chi connectivity index (χ0n) is 8.46. The van der Waals surface area contributed by atoms with Gasteiger partial charge in [0.2, 0.25) is 0 Å². The lowest BCUT2D eigenvalue weighted by atomic mass is 10.2. The fourth-order valence-electron chi connectivity index (χ4n) is 1.84. The van der Waals surface area contributed by atoms with Crippen LogP contribution in [0.1, 0.15) is 32.1 Å². The number of aliphatic hydroxyl groups excluding tert-OH is 1. The molecule has 0 aliphatic heterocycles. The van der Waals surface area contributed by atoms with E-state index in [1.54, 1.807) is 0 Å². The fraction of sp³-hybridized carbons (Fsp3) is 1.00. The van der Waals surface area contributed by atoms with Gasteiger partial charge in [0.15, 0.2) is 0 Å². The van der Waals surface area contributed by atoms with Gasteiger partial charge < -0.3 is 10.4 Å². The second-order valence-corrected chi connectivity index (χ2v) is 4.74. The summed E-state index contributed by atoms with van der Waals surface area (Å²) in [5.74, 6) is 1.26. The van der Waals surface area contributed by atoms with Gasteiger partial charge in [-0.05, 0) is 50.7 Å². The molecule has 13 heavy (non-hydrogen) atoms. The van der Waals surface area contributed by atoms with Crippen molar-refractivity contribution in [1.82, 2.24) is 5.32 Å². The fourth-order valence-corrected chi connectivity index (χ4v) is 2.33. The number of rotatable bonds is 6. The molecule has 0 radical (unpaired) electrons. The zero-order valence-corrected chi connectivity index (χ0v) is 9.28. The van der Waals surface area contributed by atoms with Crippen molar-refractivity contribution in [2.75, 3.05) is 18.6 Å². The van der Waals surface area contributed by atoms with Crippen molar-refractivity contribution in [2.24, 2.45) is 0 Å². The summed E-state index contributed by atoms with van der Waals surface area (Å²) >= 11 is 1.91. The predicted molar refractivity (Wildman–Crippen MR) is 59.3 cm³/mol. The van der Waals surface area contributed by atoms with Gasteiger partial charge in [0.1, 0.15) is 0 Å². The molecular weight excluding hydrogens is 182 g/mol. The van der Waals surface area contributed by atoms with Crippen LogP contribution in [0.15, 0.2) is 0 Å². The molecule has 1 aliphatic rings. The van der Waals surface area contributed by atoms with E-state index in [1.165, 1.54) is 25.0 Å². The number of hydrogen-bond donors (Lipinski definition) is 2. The molecule has 1 saturated carbocycles. The minimum Gasteiger partial charge on any atom is -0.392 e. The molecule has 0 aromatic rings. The second-order valence-electron chi connectivity index (χ2n) is 3.76. The van der Waals surface area contributed by atoms with Crippen LogP contribution in [0, 0.1) is 0 Å². The highest BCUT2D eigenvalue weighted by molar-refractivity contribution is 7.98. The first-order valence-corrected chi connectivity index (χ1v) is 6.64. The van der Waals surface area contributed by atoms with Gasteiger partial charge in [-0.3, -0.25) is 0 Å². The van der Waals surface area contributed by atoms with E-state index in [-0.39, 0.29) is 6.10 Å². The van der Waals surface area contributed by atoms with Gasteiger partial charge in [-0.15, -0.1) is 0 Å². The Balaban J connectivity index is 1.93. The molecule has 2 atom stereocenters. The average Bonchev–Trinajstić information content (AvgIpc) is 2.52. The largest absolute Gasteiger partial charge is 0.392 e. The predicted octanol–water partition coefficient (Wildman–Crippen LogP) is 1.63. The van der Waals surface area contributed by atoms with Gasteiger partial charge in [-0.1, -0.05) is 0 Å². The van der Waals surface area contributed by atoms with Crippen LogP contribution in [-0.2, 0) is 0 Å². The van der Waals surface area contributed by atoms with E-state index in [1.807, 2.05) is 11.8 Å². The third-order valence-corrected chi connectivity index (χ3v) is 3.36. The molecule has 1 aliphatic carbocycles. The van der Waals surface area contributed by atoms with E-state index in [2.05, 4.69) is 11.6 Å². The molecule has 0 unspecified atom stereocenters. The van der Waals surface area contributed by atoms with Crippen LogP contribution in [0.4, 0.5) is 0 Å². The van der Waals surface area contributed by atoms with E-state index < -0.39 is 0 Å². The van der Waals surface area contributed by atoms with Crippen LogP contribution in [0.2, 0.25) is 0 Å². The lowest BCUT2D eigenvalue weighted by molar-refractivity contribution is 0.149. The maximum absolute atomic E-state index is 9.53. The van der Waals surface area contributed by atoms with Crippen molar-refractivity contribution < 1.29 is 5.11 Å². The lowest BCUT2D eigenvalue weighted by Crippen LogP contribution is -2.36. The highest BCUT2D eigenvalue weighted by Gasteiger charge is 2.23. The molecular formula is C10H21NOS. The Labute approximate surface area is 85.5 Å². The lowest BCUT2D eigenvalue weighted by Gasteiger charge is -2.15. The van der Waals surface area contributed by atoms with Crippen molar-refractivity contribution in [2.45, 2.75) is 44.2 Å². The average molecular weight is 203 g/mol. The molecule has 1 rings (SSSR count). The standard InChI is InChI=1S/C10H21NOS/c1-13-8-3-2-7-11-9-5-4-6-10(9)12/h9-12H,2-8H2,1H3/t9-,10-/m1/s1. The summed E-state index contributed by atoms with van der Waals surface area (Å²) in [6.07, 6.45) is 7.92. The van der Waals surface area contributed by atoms with Crippen LogP contribution >= 0.6 is 11.8 Å². The molecule has 2 nitrogen and oxygen atoms in total. The quantitative estimate of drug-likeness (QED) is 0.644. The van der Waals surface area contributed by atoms with Crippen molar-refractivity contribution in [3.05, 3.63) is 0 Å². The molecule has 0 aromatic carbocycles. The van der Waals surface area contributed by atoms with Crippen LogP contribution in [0.5, 0.6) is 0 Å². The highest BCUT2D eigenvalue weighted by Crippen LogP contribution is 2.18. The first-order chi connectivity index (χ1) is 6.34. The molecule has 0 bridgehead atoms. The van der Waals surface area contributed by atoms with Crippen molar-refractivity contribution in [3.63, 3.8) is 0 Å². The van der Waals surface area contributed by atoms with E-state index in [9.17, 15) is 5.11 Å². The number of hydrogen-bond acceptors (Lipinski definition) is 3. The van der Waals surface area contributed by atoms with Gasteiger partial charge in [-0.2, -0.15) is 11.8 Å². The van der Waals surface area contributed by atoms with Gasteiger partial charge in [0.25, 0.3) is 0 Å². The van der Waals surface area contributed by atoms with E-state index in [4.69, 9.17) is 0 Å². The summed E-state index contributed by atoms with van der Waals surface area (Å²) in [6.45, 7) is 1.07. The SMILES string of the molecule is CSCCCCN[C@@H]1CCC[C@H]1O. The van der Waals surface area contributed by atoms with Crippen molar-refractivity contribution >= 4 is 11.8 Å². The third kappa shape index (κ3) is 4.34. The number of nitrogens with one attached hydrogen (secondary N) is 1.